The van der Waals surface area contributed by atoms with Crippen LogP contribution in [0.3, 0.4) is 0 Å². The Bertz CT molecular complexity index is 565. The van der Waals surface area contributed by atoms with Crippen molar-refractivity contribution >= 4 is 24.3 Å². The Labute approximate surface area is 160 Å². The molecule has 0 spiro atoms. The second-order valence-corrected chi connectivity index (χ2v) is 6.35. The van der Waals surface area contributed by atoms with Crippen LogP contribution in [-0.2, 0) is 11.3 Å². The van der Waals surface area contributed by atoms with Gasteiger partial charge in [0.2, 0.25) is 5.91 Å². The average Bonchev–Trinajstić information content (AvgIpc) is 2.62. The number of urea groups is 1. The van der Waals surface area contributed by atoms with E-state index in [0.29, 0.717) is 6.42 Å². The zero-order valence-electron chi connectivity index (χ0n) is 15.0. The van der Waals surface area contributed by atoms with E-state index in [2.05, 4.69) is 21.3 Å². The lowest BCUT2D eigenvalue weighted by atomic mass is 10.1. The predicted octanol–water partition coefficient (Wildman–Crippen LogP) is 2.08. The summed E-state index contributed by atoms with van der Waals surface area (Å²) < 4.78 is 12.9. The molecule has 2 rings (SSSR count). The van der Waals surface area contributed by atoms with Gasteiger partial charge >= 0.3 is 6.03 Å². The normalized spacial score (nSPS) is 17.5. The molecule has 1 aromatic rings. The molecule has 6 nitrogen and oxygen atoms in total. The molecule has 1 aliphatic rings. The lowest BCUT2D eigenvalue weighted by Crippen LogP contribution is -2.54. The van der Waals surface area contributed by atoms with E-state index < -0.39 is 12.1 Å². The van der Waals surface area contributed by atoms with E-state index in [1.807, 2.05) is 6.92 Å². The Hall–Kier alpha value is -1.86. The molecule has 1 heterocycles. The maximum Gasteiger partial charge on any atom is 0.315 e. The van der Waals surface area contributed by atoms with E-state index >= 15 is 0 Å². The molecule has 0 saturated carbocycles. The van der Waals surface area contributed by atoms with E-state index in [9.17, 15) is 14.0 Å². The molecule has 8 heteroatoms. The first kappa shape index (κ1) is 22.2. The molecule has 0 aromatic heterocycles. The number of benzene rings is 1. The van der Waals surface area contributed by atoms with Crippen molar-refractivity contribution in [2.45, 2.75) is 51.2 Å². The van der Waals surface area contributed by atoms with E-state index in [4.69, 9.17) is 0 Å². The number of amides is 3. The van der Waals surface area contributed by atoms with Crippen molar-refractivity contribution in [3.05, 3.63) is 35.6 Å². The lowest BCUT2D eigenvalue weighted by molar-refractivity contribution is -0.123. The Morgan fingerprint density at radius 1 is 1.31 bits per heavy atom. The second kappa shape index (κ2) is 11.7. The Kier molecular flexibility index (Phi) is 9.98. The first-order valence-corrected chi connectivity index (χ1v) is 8.88. The molecule has 1 aliphatic heterocycles. The molecular weight excluding hydrogens is 359 g/mol. The highest BCUT2D eigenvalue weighted by atomic mass is 35.5. The maximum absolute atomic E-state index is 12.9. The molecule has 4 N–H and O–H groups in total. The smallest absolute Gasteiger partial charge is 0.315 e. The van der Waals surface area contributed by atoms with Crippen LogP contribution >= 0.6 is 12.4 Å². The largest absolute Gasteiger partial charge is 0.350 e. The summed E-state index contributed by atoms with van der Waals surface area (Å²) >= 11 is 0. The molecule has 1 fully saturated rings. The molecule has 26 heavy (non-hydrogen) atoms. The molecule has 1 aromatic carbocycles. The fraction of sp³-hybridized carbons (Fsp3) is 0.556. The average molecular weight is 387 g/mol. The number of halogens is 2. The van der Waals surface area contributed by atoms with Crippen molar-refractivity contribution in [2.24, 2.45) is 0 Å². The molecule has 2 unspecified atom stereocenters. The molecule has 0 bridgehead atoms. The van der Waals surface area contributed by atoms with E-state index in [1.165, 1.54) is 12.1 Å². The summed E-state index contributed by atoms with van der Waals surface area (Å²) in [5.74, 6) is -0.461. The molecule has 0 radical (unpaired) electrons. The summed E-state index contributed by atoms with van der Waals surface area (Å²) in [6.07, 6.45) is 3.36. The lowest BCUT2D eigenvalue weighted by Gasteiger charge is -2.26. The van der Waals surface area contributed by atoms with Crippen molar-refractivity contribution in [1.29, 1.82) is 0 Å². The monoisotopic (exact) mass is 386 g/mol. The van der Waals surface area contributed by atoms with Gasteiger partial charge < -0.3 is 21.3 Å². The van der Waals surface area contributed by atoms with E-state index in [-0.39, 0.29) is 36.7 Å². The highest BCUT2D eigenvalue weighted by molar-refractivity contribution is 5.87. The number of hydrogen-bond donors (Lipinski definition) is 4. The van der Waals surface area contributed by atoms with Crippen LogP contribution in [-0.4, -0.2) is 37.1 Å². The second-order valence-electron chi connectivity index (χ2n) is 6.35. The topological polar surface area (TPSA) is 82.3 Å². The van der Waals surface area contributed by atoms with Crippen LogP contribution in [0.25, 0.3) is 0 Å². The third-order valence-electron chi connectivity index (χ3n) is 4.21. The molecule has 2 atom stereocenters. The van der Waals surface area contributed by atoms with Gasteiger partial charge in [-0.2, -0.15) is 0 Å². The number of rotatable bonds is 7. The van der Waals surface area contributed by atoms with Gasteiger partial charge in [0, 0.05) is 19.1 Å². The number of hydrogen-bond acceptors (Lipinski definition) is 3. The van der Waals surface area contributed by atoms with Gasteiger partial charge in [-0.1, -0.05) is 25.5 Å². The van der Waals surface area contributed by atoms with Crippen LogP contribution in [0.1, 0.15) is 38.2 Å². The zero-order valence-corrected chi connectivity index (χ0v) is 15.8. The summed E-state index contributed by atoms with van der Waals surface area (Å²) in [7, 11) is 0. The number of nitrogens with one attached hydrogen (secondary N) is 4. The van der Waals surface area contributed by atoms with Crippen LogP contribution in [0.15, 0.2) is 24.3 Å². The molecule has 0 aliphatic carbocycles. The van der Waals surface area contributed by atoms with Crippen LogP contribution < -0.4 is 21.3 Å². The van der Waals surface area contributed by atoms with Gasteiger partial charge in [-0.25, -0.2) is 9.18 Å². The number of carbonyl (C=O) groups excluding carboxylic acids is 2. The third kappa shape index (κ3) is 7.58. The number of carbonyl (C=O) groups is 2. The van der Waals surface area contributed by atoms with Crippen molar-refractivity contribution in [3.8, 4) is 0 Å². The Balaban J connectivity index is 0.00000338. The van der Waals surface area contributed by atoms with Gasteiger partial charge in [-0.05, 0) is 43.5 Å². The summed E-state index contributed by atoms with van der Waals surface area (Å²) in [6, 6.07) is 5.08. The summed E-state index contributed by atoms with van der Waals surface area (Å²) in [6.45, 7) is 4.00. The molecule has 1 saturated heterocycles. The van der Waals surface area contributed by atoms with Gasteiger partial charge in [0.25, 0.3) is 0 Å². The Morgan fingerprint density at radius 2 is 2.04 bits per heavy atom. The van der Waals surface area contributed by atoms with Crippen molar-refractivity contribution in [3.63, 3.8) is 0 Å². The van der Waals surface area contributed by atoms with E-state index in [1.54, 1.807) is 12.1 Å². The van der Waals surface area contributed by atoms with Crippen molar-refractivity contribution in [2.75, 3.05) is 13.1 Å². The SMILES string of the molecule is CCCC(NC(=O)NCc1ccc(F)cc1)C(=O)NC1CCCNC1.Cl. The summed E-state index contributed by atoms with van der Waals surface area (Å²) in [5, 5.41) is 11.7. The van der Waals surface area contributed by atoms with Crippen LogP contribution in [0.5, 0.6) is 0 Å². The quantitative estimate of drug-likeness (QED) is 0.579. The van der Waals surface area contributed by atoms with E-state index in [0.717, 1.165) is 37.9 Å². The summed E-state index contributed by atoms with van der Waals surface area (Å²) in [5.41, 5.74) is 0.793. The highest BCUT2D eigenvalue weighted by Crippen LogP contribution is 2.05. The standard InChI is InChI=1S/C18H27FN4O2.ClH/c1-2-4-16(17(24)22-15-5-3-10-20-12-15)23-18(25)21-11-13-6-8-14(19)9-7-13;/h6-9,15-16,20H,2-5,10-12H2,1H3,(H,22,24)(H2,21,23,25);1H. The van der Waals surface area contributed by atoms with Crippen molar-refractivity contribution < 1.29 is 14.0 Å². The first-order valence-electron chi connectivity index (χ1n) is 8.88. The zero-order chi connectivity index (χ0) is 18.1. The first-order chi connectivity index (χ1) is 12.1. The fourth-order valence-corrected chi connectivity index (χ4v) is 2.83. The van der Waals surface area contributed by atoms with Crippen LogP contribution in [0.4, 0.5) is 9.18 Å². The van der Waals surface area contributed by atoms with Gasteiger partial charge in [0.05, 0.1) is 0 Å². The predicted molar refractivity (Wildman–Crippen MR) is 102 cm³/mol. The minimum atomic E-state index is -0.555. The minimum absolute atomic E-state index is 0. The van der Waals surface area contributed by atoms with Gasteiger partial charge in [0.1, 0.15) is 11.9 Å². The minimum Gasteiger partial charge on any atom is -0.350 e. The molecule has 3 amide bonds. The third-order valence-corrected chi connectivity index (χ3v) is 4.21. The van der Waals surface area contributed by atoms with Crippen molar-refractivity contribution in [1.82, 2.24) is 21.3 Å². The van der Waals surface area contributed by atoms with Gasteiger partial charge in [-0.3, -0.25) is 4.79 Å². The maximum atomic E-state index is 12.9. The molecular formula is C18H28ClFN4O2. The molecule has 146 valence electrons. The van der Waals surface area contributed by atoms with Gasteiger partial charge in [-0.15, -0.1) is 12.4 Å². The van der Waals surface area contributed by atoms with Crippen LogP contribution in [0, 0.1) is 5.82 Å². The highest BCUT2D eigenvalue weighted by Gasteiger charge is 2.23. The summed E-state index contributed by atoms with van der Waals surface area (Å²) in [4.78, 5) is 24.5. The van der Waals surface area contributed by atoms with Gasteiger partial charge in [0.15, 0.2) is 0 Å². The Morgan fingerprint density at radius 3 is 2.65 bits per heavy atom. The fourth-order valence-electron chi connectivity index (χ4n) is 2.83. The number of piperidine rings is 1. The van der Waals surface area contributed by atoms with Crippen LogP contribution in [0.2, 0.25) is 0 Å².